The van der Waals surface area contributed by atoms with Crippen LogP contribution in [0.5, 0.6) is 5.75 Å². The predicted octanol–water partition coefficient (Wildman–Crippen LogP) is 3.91. The van der Waals surface area contributed by atoms with Gasteiger partial charge in [0.2, 0.25) is 0 Å². The molecule has 0 spiro atoms. The molecule has 1 fully saturated rings. The summed E-state index contributed by atoms with van der Waals surface area (Å²) in [5.74, 6) is 0.811. The van der Waals surface area contributed by atoms with Gasteiger partial charge in [-0.1, -0.05) is 32.3 Å². The zero-order valence-corrected chi connectivity index (χ0v) is 13.4. The molecule has 2 rings (SSSR count). The van der Waals surface area contributed by atoms with E-state index in [4.69, 9.17) is 4.74 Å². The van der Waals surface area contributed by atoms with E-state index in [-0.39, 0.29) is 5.91 Å². The smallest absolute Gasteiger partial charge is 0.261 e. The maximum Gasteiger partial charge on any atom is 0.261 e. The Morgan fingerprint density at radius 3 is 2.57 bits per heavy atom. The number of benzene rings is 1. The first kappa shape index (κ1) is 15.9. The van der Waals surface area contributed by atoms with Gasteiger partial charge in [-0.05, 0) is 56.4 Å². The van der Waals surface area contributed by atoms with Crippen molar-refractivity contribution in [2.24, 2.45) is 0 Å². The number of rotatable bonds is 5. The molecule has 1 N–H and O–H groups in total. The van der Waals surface area contributed by atoms with Crippen LogP contribution >= 0.6 is 0 Å². The van der Waals surface area contributed by atoms with Gasteiger partial charge in [0, 0.05) is 6.04 Å². The molecule has 1 saturated carbocycles. The predicted molar refractivity (Wildman–Crippen MR) is 85.6 cm³/mol. The van der Waals surface area contributed by atoms with Gasteiger partial charge in [0.15, 0.2) is 6.10 Å². The molecule has 3 heteroatoms. The number of aryl methyl sites for hydroxylation is 2. The van der Waals surface area contributed by atoms with Crippen molar-refractivity contribution in [3.8, 4) is 5.75 Å². The van der Waals surface area contributed by atoms with Gasteiger partial charge in [-0.2, -0.15) is 0 Å². The molecule has 1 aliphatic rings. The van der Waals surface area contributed by atoms with Crippen LogP contribution in [0.15, 0.2) is 18.2 Å². The van der Waals surface area contributed by atoms with Crippen LogP contribution in [0.1, 0.15) is 56.6 Å². The fraction of sp³-hybridized carbons (Fsp3) is 0.611. The number of carbonyl (C=O) groups excluding carboxylic acids is 1. The number of carbonyl (C=O) groups is 1. The number of hydrogen-bond acceptors (Lipinski definition) is 2. The Kier molecular flexibility index (Phi) is 5.66. The molecule has 0 saturated heterocycles. The van der Waals surface area contributed by atoms with E-state index in [1.54, 1.807) is 0 Å². The Labute approximate surface area is 128 Å². The van der Waals surface area contributed by atoms with E-state index in [9.17, 15) is 4.79 Å². The molecule has 1 atom stereocenters. The van der Waals surface area contributed by atoms with Gasteiger partial charge in [-0.3, -0.25) is 4.79 Å². The largest absolute Gasteiger partial charge is 0.481 e. The second kappa shape index (κ2) is 7.48. The van der Waals surface area contributed by atoms with Crippen LogP contribution in [0.3, 0.4) is 0 Å². The third-order valence-electron chi connectivity index (χ3n) is 4.37. The summed E-state index contributed by atoms with van der Waals surface area (Å²) in [6.07, 6.45) is 6.24. The van der Waals surface area contributed by atoms with E-state index in [0.29, 0.717) is 12.5 Å². The van der Waals surface area contributed by atoms with Gasteiger partial charge in [-0.15, -0.1) is 0 Å². The molecule has 0 heterocycles. The van der Waals surface area contributed by atoms with Gasteiger partial charge in [0.1, 0.15) is 5.75 Å². The summed E-state index contributed by atoms with van der Waals surface area (Å²) in [4.78, 5) is 12.4. The van der Waals surface area contributed by atoms with Crippen LogP contribution in [0, 0.1) is 13.8 Å². The molecule has 21 heavy (non-hydrogen) atoms. The lowest BCUT2D eigenvalue weighted by Crippen LogP contribution is -2.44. The third kappa shape index (κ3) is 4.48. The number of ether oxygens (including phenoxy) is 1. The average Bonchev–Trinajstić information content (AvgIpc) is 2.49. The van der Waals surface area contributed by atoms with Crippen molar-refractivity contribution >= 4 is 5.91 Å². The van der Waals surface area contributed by atoms with E-state index in [1.165, 1.54) is 30.4 Å². The Bertz CT molecular complexity index is 478. The molecule has 0 aliphatic heterocycles. The summed E-state index contributed by atoms with van der Waals surface area (Å²) in [6, 6.07) is 6.32. The molecule has 0 bridgehead atoms. The summed E-state index contributed by atoms with van der Waals surface area (Å²) in [5, 5.41) is 3.15. The highest BCUT2D eigenvalue weighted by atomic mass is 16.5. The Morgan fingerprint density at radius 1 is 1.24 bits per heavy atom. The summed E-state index contributed by atoms with van der Waals surface area (Å²) in [5.41, 5.74) is 2.43. The van der Waals surface area contributed by atoms with Gasteiger partial charge < -0.3 is 10.1 Å². The molecule has 0 aromatic heterocycles. The molecular formula is C18H27NO2. The zero-order chi connectivity index (χ0) is 15.2. The third-order valence-corrected chi connectivity index (χ3v) is 4.37. The Balaban J connectivity index is 1.94. The fourth-order valence-electron chi connectivity index (χ4n) is 2.81. The highest BCUT2D eigenvalue weighted by Crippen LogP contribution is 2.20. The van der Waals surface area contributed by atoms with E-state index >= 15 is 0 Å². The number of amides is 1. The molecule has 116 valence electrons. The van der Waals surface area contributed by atoms with Gasteiger partial charge in [0.05, 0.1) is 0 Å². The second-order valence-corrected chi connectivity index (χ2v) is 6.10. The summed E-state index contributed by atoms with van der Waals surface area (Å²) in [6.45, 7) is 6.13. The Hall–Kier alpha value is -1.51. The molecule has 1 amide bonds. The molecule has 1 aromatic rings. The van der Waals surface area contributed by atoms with Crippen LogP contribution in [0.25, 0.3) is 0 Å². The first-order chi connectivity index (χ1) is 10.1. The van der Waals surface area contributed by atoms with E-state index < -0.39 is 6.10 Å². The molecule has 0 unspecified atom stereocenters. The highest BCUT2D eigenvalue weighted by molar-refractivity contribution is 5.81. The van der Waals surface area contributed by atoms with Crippen molar-refractivity contribution in [2.45, 2.75) is 71.4 Å². The number of hydrogen-bond donors (Lipinski definition) is 1. The summed E-state index contributed by atoms with van der Waals surface area (Å²) >= 11 is 0. The average molecular weight is 289 g/mol. The van der Waals surface area contributed by atoms with Crippen LogP contribution < -0.4 is 10.1 Å². The van der Waals surface area contributed by atoms with E-state index in [2.05, 4.69) is 19.2 Å². The van der Waals surface area contributed by atoms with Crippen LogP contribution in [0.2, 0.25) is 0 Å². The lowest BCUT2D eigenvalue weighted by atomic mass is 9.95. The van der Waals surface area contributed by atoms with Gasteiger partial charge >= 0.3 is 0 Å². The Morgan fingerprint density at radius 2 is 1.95 bits per heavy atom. The second-order valence-electron chi connectivity index (χ2n) is 6.10. The van der Waals surface area contributed by atoms with Gasteiger partial charge in [0.25, 0.3) is 5.91 Å². The zero-order valence-electron chi connectivity index (χ0n) is 13.4. The van der Waals surface area contributed by atoms with Crippen LogP contribution in [-0.2, 0) is 4.79 Å². The standard InChI is InChI=1S/C18H27NO2/c1-4-17(18(20)19-15-8-6-5-7-9-15)21-16-11-10-13(2)14(3)12-16/h10-12,15,17H,4-9H2,1-3H3,(H,19,20)/t17-/m1/s1. The maximum atomic E-state index is 12.4. The van der Waals surface area contributed by atoms with Crippen LogP contribution in [-0.4, -0.2) is 18.1 Å². The van der Waals surface area contributed by atoms with Gasteiger partial charge in [-0.25, -0.2) is 0 Å². The van der Waals surface area contributed by atoms with Crippen molar-refractivity contribution in [3.05, 3.63) is 29.3 Å². The molecular weight excluding hydrogens is 262 g/mol. The normalized spacial score (nSPS) is 17.3. The molecule has 1 aromatic carbocycles. The maximum absolute atomic E-state index is 12.4. The lowest BCUT2D eigenvalue weighted by Gasteiger charge is -2.25. The number of nitrogens with one attached hydrogen (secondary N) is 1. The van der Waals surface area contributed by atoms with Crippen LogP contribution in [0.4, 0.5) is 0 Å². The quantitative estimate of drug-likeness (QED) is 0.892. The van der Waals surface area contributed by atoms with Crippen molar-refractivity contribution < 1.29 is 9.53 Å². The molecule has 1 aliphatic carbocycles. The first-order valence-corrected chi connectivity index (χ1v) is 8.14. The van der Waals surface area contributed by atoms with E-state index in [0.717, 1.165) is 18.6 Å². The SMILES string of the molecule is CC[C@@H](Oc1ccc(C)c(C)c1)C(=O)NC1CCCCC1. The van der Waals surface area contributed by atoms with Crippen molar-refractivity contribution in [1.82, 2.24) is 5.32 Å². The highest BCUT2D eigenvalue weighted by Gasteiger charge is 2.22. The molecule has 0 radical (unpaired) electrons. The summed E-state index contributed by atoms with van der Waals surface area (Å²) in [7, 11) is 0. The fourth-order valence-corrected chi connectivity index (χ4v) is 2.81. The monoisotopic (exact) mass is 289 g/mol. The minimum atomic E-state index is -0.394. The van der Waals surface area contributed by atoms with Crippen molar-refractivity contribution in [2.75, 3.05) is 0 Å². The lowest BCUT2D eigenvalue weighted by molar-refractivity contribution is -0.129. The minimum absolute atomic E-state index is 0.0302. The first-order valence-electron chi connectivity index (χ1n) is 8.14. The van der Waals surface area contributed by atoms with Crippen molar-refractivity contribution in [3.63, 3.8) is 0 Å². The summed E-state index contributed by atoms with van der Waals surface area (Å²) < 4.78 is 5.89. The topological polar surface area (TPSA) is 38.3 Å². The molecule has 3 nitrogen and oxygen atoms in total. The van der Waals surface area contributed by atoms with Crippen molar-refractivity contribution in [1.29, 1.82) is 0 Å². The minimum Gasteiger partial charge on any atom is -0.481 e. The van der Waals surface area contributed by atoms with E-state index in [1.807, 2.05) is 25.1 Å².